The van der Waals surface area contributed by atoms with E-state index in [1.165, 1.54) is 12.1 Å². The van der Waals surface area contributed by atoms with E-state index in [9.17, 15) is 15.2 Å². The van der Waals surface area contributed by atoms with E-state index in [0.29, 0.717) is 5.90 Å². The molecule has 0 saturated heterocycles. The molecule has 0 saturated carbocycles. The van der Waals surface area contributed by atoms with E-state index in [2.05, 4.69) is 4.99 Å². The Morgan fingerprint density at radius 2 is 1.82 bits per heavy atom. The molecule has 0 amide bonds. The predicted octanol–water partition coefficient (Wildman–Crippen LogP) is 2.47. The topological polar surface area (TPSA) is 85.0 Å². The molecule has 0 aliphatic carbocycles. The van der Waals surface area contributed by atoms with Gasteiger partial charge in [0.05, 0.1) is 11.5 Å². The van der Waals surface area contributed by atoms with Gasteiger partial charge in [0.2, 0.25) is 5.90 Å². The Hall–Kier alpha value is -2.73. The Morgan fingerprint density at radius 1 is 1.14 bits per heavy atom. The lowest BCUT2D eigenvalue weighted by Gasteiger charge is -2.16. The fraction of sp³-hybridized carbons (Fsp3) is 0.188. The highest BCUT2D eigenvalue weighted by atomic mass is 16.6. The van der Waals surface area contributed by atoms with E-state index in [0.717, 1.165) is 11.1 Å². The number of ether oxygens (including phenoxy) is 1. The Morgan fingerprint density at radius 3 is 2.41 bits per heavy atom. The number of hydrogen-bond acceptors (Lipinski definition) is 5. The second-order valence-electron chi connectivity index (χ2n) is 4.94. The Balaban J connectivity index is 1.85. The first kappa shape index (κ1) is 14.2. The van der Waals surface area contributed by atoms with Gasteiger partial charge in [-0.05, 0) is 29.8 Å². The van der Waals surface area contributed by atoms with Crippen LogP contribution in [0.2, 0.25) is 0 Å². The molecule has 0 bridgehead atoms. The van der Waals surface area contributed by atoms with Crippen molar-refractivity contribution in [1.82, 2.24) is 0 Å². The Kier molecular flexibility index (Phi) is 3.84. The number of benzene rings is 2. The van der Waals surface area contributed by atoms with Gasteiger partial charge in [-0.3, -0.25) is 10.1 Å². The summed E-state index contributed by atoms with van der Waals surface area (Å²) in [5, 5.41) is 20.2. The quantitative estimate of drug-likeness (QED) is 0.694. The van der Waals surface area contributed by atoms with Crippen LogP contribution >= 0.6 is 0 Å². The lowest BCUT2D eigenvalue weighted by atomic mass is 10.0. The molecule has 2 aromatic carbocycles. The van der Waals surface area contributed by atoms with Crippen LogP contribution in [0, 0.1) is 10.1 Å². The van der Waals surface area contributed by atoms with Crippen molar-refractivity contribution >= 4 is 11.6 Å². The van der Waals surface area contributed by atoms with E-state index in [1.54, 1.807) is 12.1 Å². The summed E-state index contributed by atoms with van der Waals surface area (Å²) >= 11 is 0. The van der Waals surface area contributed by atoms with Gasteiger partial charge >= 0.3 is 0 Å². The fourth-order valence-electron chi connectivity index (χ4n) is 2.38. The fourth-order valence-corrected chi connectivity index (χ4v) is 2.38. The number of non-ortho nitro benzene ring substituents is 1. The molecule has 112 valence electrons. The second-order valence-corrected chi connectivity index (χ2v) is 4.94. The average molecular weight is 298 g/mol. The van der Waals surface area contributed by atoms with Gasteiger partial charge in [0.25, 0.3) is 5.69 Å². The third kappa shape index (κ3) is 2.68. The number of aliphatic imine (C=N–C) groups is 1. The maximum Gasteiger partial charge on any atom is 0.269 e. The standard InChI is InChI=1S/C16H14N2O4/c19-10-14-15(11-6-8-13(9-7-11)18(20)21)22-16(17-14)12-4-2-1-3-5-12/h1-9,14-15,19H,10H2. The molecule has 0 spiro atoms. The van der Waals surface area contributed by atoms with Crippen molar-refractivity contribution in [3.63, 3.8) is 0 Å². The van der Waals surface area contributed by atoms with Gasteiger partial charge in [-0.2, -0.15) is 0 Å². The molecule has 1 aliphatic rings. The summed E-state index contributed by atoms with van der Waals surface area (Å²) in [5.41, 5.74) is 1.61. The van der Waals surface area contributed by atoms with E-state index in [-0.39, 0.29) is 12.3 Å². The number of nitrogens with zero attached hydrogens (tertiary/aromatic N) is 2. The van der Waals surface area contributed by atoms with E-state index < -0.39 is 17.1 Å². The molecule has 2 unspecified atom stereocenters. The highest BCUT2D eigenvalue weighted by Gasteiger charge is 2.32. The number of nitro benzene ring substituents is 1. The summed E-state index contributed by atoms with van der Waals surface area (Å²) in [5.74, 6) is 0.475. The largest absolute Gasteiger partial charge is 0.467 e. The minimum Gasteiger partial charge on any atom is -0.467 e. The lowest BCUT2D eigenvalue weighted by molar-refractivity contribution is -0.384. The van der Waals surface area contributed by atoms with Crippen molar-refractivity contribution in [1.29, 1.82) is 0 Å². The van der Waals surface area contributed by atoms with Gasteiger partial charge < -0.3 is 9.84 Å². The zero-order valence-corrected chi connectivity index (χ0v) is 11.6. The molecular formula is C16H14N2O4. The van der Waals surface area contributed by atoms with Crippen molar-refractivity contribution in [2.24, 2.45) is 4.99 Å². The zero-order chi connectivity index (χ0) is 15.5. The first-order valence-corrected chi connectivity index (χ1v) is 6.84. The van der Waals surface area contributed by atoms with Crippen LogP contribution in [0.25, 0.3) is 0 Å². The third-order valence-electron chi connectivity index (χ3n) is 3.51. The van der Waals surface area contributed by atoms with Gasteiger partial charge in [0, 0.05) is 17.7 Å². The van der Waals surface area contributed by atoms with Crippen LogP contribution < -0.4 is 0 Å². The van der Waals surface area contributed by atoms with Gasteiger partial charge in [-0.15, -0.1) is 0 Å². The van der Waals surface area contributed by atoms with Gasteiger partial charge in [-0.1, -0.05) is 18.2 Å². The van der Waals surface area contributed by atoms with Crippen molar-refractivity contribution in [3.8, 4) is 0 Å². The first-order valence-electron chi connectivity index (χ1n) is 6.84. The van der Waals surface area contributed by atoms with Crippen LogP contribution in [-0.2, 0) is 4.74 Å². The van der Waals surface area contributed by atoms with Crippen LogP contribution in [0.15, 0.2) is 59.6 Å². The third-order valence-corrected chi connectivity index (χ3v) is 3.51. The maximum atomic E-state index is 10.7. The van der Waals surface area contributed by atoms with Crippen molar-refractivity contribution < 1.29 is 14.8 Å². The molecule has 2 aromatic rings. The normalized spacial score (nSPS) is 20.3. The van der Waals surface area contributed by atoms with Crippen LogP contribution in [0.3, 0.4) is 0 Å². The summed E-state index contributed by atoms with van der Waals surface area (Å²) in [4.78, 5) is 14.7. The molecule has 22 heavy (non-hydrogen) atoms. The maximum absolute atomic E-state index is 10.7. The SMILES string of the molecule is O=[N+]([O-])c1ccc(C2OC(c3ccccc3)=NC2CO)cc1. The summed E-state index contributed by atoms with van der Waals surface area (Å²) in [6.07, 6.45) is -0.444. The molecule has 1 heterocycles. The molecule has 1 aliphatic heterocycles. The van der Waals surface area contributed by atoms with E-state index in [4.69, 9.17) is 4.74 Å². The van der Waals surface area contributed by atoms with Crippen LogP contribution in [0.1, 0.15) is 17.2 Å². The number of rotatable bonds is 4. The molecule has 3 rings (SSSR count). The van der Waals surface area contributed by atoms with Gasteiger partial charge in [0.15, 0.2) is 6.10 Å². The van der Waals surface area contributed by atoms with E-state index in [1.807, 2.05) is 30.3 Å². The van der Waals surface area contributed by atoms with Crippen molar-refractivity contribution in [2.45, 2.75) is 12.1 Å². The summed E-state index contributed by atoms with van der Waals surface area (Å²) in [6, 6.07) is 15.1. The monoisotopic (exact) mass is 298 g/mol. The molecule has 6 nitrogen and oxygen atoms in total. The van der Waals surface area contributed by atoms with Crippen LogP contribution in [-0.4, -0.2) is 28.6 Å². The number of aliphatic hydroxyl groups excluding tert-OH is 1. The molecule has 6 heteroatoms. The van der Waals surface area contributed by atoms with E-state index >= 15 is 0 Å². The highest BCUT2D eigenvalue weighted by Crippen LogP contribution is 2.31. The smallest absolute Gasteiger partial charge is 0.269 e. The van der Waals surface area contributed by atoms with Crippen LogP contribution in [0.5, 0.6) is 0 Å². The number of aliphatic hydroxyl groups is 1. The first-order chi connectivity index (χ1) is 10.7. The molecule has 1 N–H and O–H groups in total. The summed E-state index contributed by atoms with van der Waals surface area (Å²) < 4.78 is 5.86. The average Bonchev–Trinajstić information content (AvgIpc) is 3.00. The number of nitro groups is 1. The molecule has 0 aromatic heterocycles. The Bertz CT molecular complexity index is 698. The summed E-state index contributed by atoms with van der Waals surface area (Å²) in [7, 11) is 0. The summed E-state index contributed by atoms with van der Waals surface area (Å²) in [6.45, 7) is -0.155. The minimum atomic E-state index is -0.450. The molecule has 2 atom stereocenters. The lowest BCUT2D eigenvalue weighted by Crippen LogP contribution is -2.17. The van der Waals surface area contributed by atoms with Crippen molar-refractivity contribution in [2.75, 3.05) is 6.61 Å². The minimum absolute atomic E-state index is 0.0199. The Labute approximate surface area is 126 Å². The second kappa shape index (κ2) is 5.95. The van der Waals surface area contributed by atoms with Crippen LogP contribution in [0.4, 0.5) is 5.69 Å². The molecular weight excluding hydrogens is 284 g/mol. The number of hydrogen-bond donors (Lipinski definition) is 1. The predicted molar refractivity (Wildman–Crippen MR) is 80.8 cm³/mol. The van der Waals surface area contributed by atoms with Crippen molar-refractivity contribution in [3.05, 3.63) is 75.8 Å². The molecule has 0 radical (unpaired) electrons. The zero-order valence-electron chi connectivity index (χ0n) is 11.6. The van der Waals surface area contributed by atoms with Gasteiger partial charge in [0.1, 0.15) is 6.04 Å². The highest BCUT2D eigenvalue weighted by molar-refractivity contribution is 5.95. The molecule has 0 fully saturated rings. The van der Waals surface area contributed by atoms with Gasteiger partial charge in [-0.25, -0.2) is 4.99 Å².